The van der Waals surface area contributed by atoms with E-state index in [1.807, 2.05) is 41.4 Å². The van der Waals surface area contributed by atoms with E-state index in [2.05, 4.69) is 17.2 Å². The normalized spacial score (nSPS) is 10.4. The van der Waals surface area contributed by atoms with Crippen molar-refractivity contribution < 1.29 is 0 Å². The predicted octanol–water partition coefficient (Wildman–Crippen LogP) is 2.65. The molecule has 1 aromatic carbocycles. The molecule has 2 nitrogen and oxygen atoms in total. The summed E-state index contributed by atoms with van der Waals surface area (Å²) >= 11 is 1.67. The molecule has 0 aliphatic carbocycles. The van der Waals surface area contributed by atoms with Gasteiger partial charge in [-0.05, 0) is 17.9 Å². The number of benzene rings is 1. The van der Waals surface area contributed by atoms with Crippen LogP contribution in [0.1, 0.15) is 5.56 Å². The zero-order chi connectivity index (χ0) is 9.80. The summed E-state index contributed by atoms with van der Waals surface area (Å²) in [5.41, 5.74) is 1.28. The van der Waals surface area contributed by atoms with Crippen molar-refractivity contribution >= 4 is 11.8 Å². The van der Waals surface area contributed by atoms with Crippen molar-refractivity contribution in [3.05, 3.63) is 48.2 Å². The number of aromatic nitrogens is 2. The maximum atomic E-state index is 4.40. The van der Waals surface area contributed by atoms with Gasteiger partial charge in [-0.3, -0.25) is 4.68 Å². The van der Waals surface area contributed by atoms with Crippen LogP contribution in [0, 0.1) is 0 Å². The highest BCUT2D eigenvalue weighted by molar-refractivity contribution is 7.98. The first-order valence-corrected chi connectivity index (χ1v) is 5.72. The van der Waals surface area contributed by atoms with E-state index in [-0.39, 0.29) is 0 Å². The molecule has 1 aromatic heterocycles. The highest BCUT2D eigenvalue weighted by atomic mass is 32.2. The van der Waals surface area contributed by atoms with Crippen molar-refractivity contribution in [2.45, 2.75) is 11.6 Å². The van der Waals surface area contributed by atoms with E-state index in [9.17, 15) is 0 Å². The second kappa shape index (κ2) is 4.33. The number of hydrogen-bond acceptors (Lipinski definition) is 2. The molecular weight excluding hydrogens is 192 g/mol. The lowest BCUT2D eigenvalue weighted by Gasteiger charge is -2.00. The average Bonchev–Trinajstić information content (AvgIpc) is 2.67. The van der Waals surface area contributed by atoms with Gasteiger partial charge in [0.25, 0.3) is 0 Å². The Morgan fingerprint density at radius 3 is 2.64 bits per heavy atom. The van der Waals surface area contributed by atoms with E-state index in [0.29, 0.717) is 0 Å². The monoisotopic (exact) mass is 204 g/mol. The van der Waals surface area contributed by atoms with Gasteiger partial charge in [0.15, 0.2) is 0 Å². The van der Waals surface area contributed by atoms with Crippen LogP contribution in [0.2, 0.25) is 0 Å². The molecule has 0 spiro atoms. The number of nitrogens with zero attached hydrogens (tertiary/aromatic N) is 2. The van der Waals surface area contributed by atoms with Gasteiger partial charge in [-0.15, -0.1) is 11.8 Å². The molecule has 1 heterocycles. The third-order valence-corrected chi connectivity index (χ3v) is 2.65. The molecule has 0 aliphatic rings. The first-order valence-electron chi connectivity index (χ1n) is 4.50. The van der Waals surface area contributed by atoms with E-state index >= 15 is 0 Å². The van der Waals surface area contributed by atoms with Crippen LogP contribution < -0.4 is 0 Å². The van der Waals surface area contributed by atoms with Gasteiger partial charge in [-0.2, -0.15) is 5.10 Å². The van der Waals surface area contributed by atoms with Crippen LogP contribution in [0.3, 0.4) is 0 Å². The van der Waals surface area contributed by atoms with E-state index < -0.39 is 0 Å². The predicted molar refractivity (Wildman–Crippen MR) is 59.6 cm³/mol. The molecule has 72 valence electrons. The smallest absolute Gasteiger partial charge is 0.118 e. The fraction of sp³-hybridized carbons (Fsp3) is 0.182. The molecule has 0 saturated heterocycles. The van der Waals surface area contributed by atoms with Gasteiger partial charge in [0.2, 0.25) is 0 Å². The second-order valence-corrected chi connectivity index (χ2v) is 3.87. The highest BCUT2D eigenvalue weighted by Gasteiger charge is 1.97. The Labute approximate surface area is 87.9 Å². The second-order valence-electron chi connectivity index (χ2n) is 3.04. The molecular formula is C11H12N2S. The Hall–Kier alpha value is -1.22. The molecule has 0 saturated carbocycles. The summed E-state index contributed by atoms with van der Waals surface area (Å²) in [4.78, 5) is 0. The summed E-state index contributed by atoms with van der Waals surface area (Å²) in [5.74, 6) is 0. The minimum Gasteiger partial charge on any atom is -0.267 e. The van der Waals surface area contributed by atoms with Crippen LogP contribution in [0.5, 0.6) is 0 Å². The lowest BCUT2D eigenvalue weighted by molar-refractivity contribution is 0.666. The van der Waals surface area contributed by atoms with Crippen molar-refractivity contribution in [2.75, 3.05) is 6.26 Å². The summed E-state index contributed by atoms with van der Waals surface area (Å²) < 4.78 is 1.96. The van der Waals surface area contributed by atoms with Crippen molar-refractivity contribution in [3.63, 3.8) is 0 Å². The molecule has 0 bridgehead atoms. The molecule has 0 atom stereocenters. The van der Waals surface area contributed by atoms with Gasteiger partial charge in [0.1, 0.15) is 5.03 Å². The van der Waals surface area contributed by atoms with Gasteiger partial charge < -0.3 is 0 Å². The molecule has 3 heteroatoms. The molecule has 0 radical (unpaired) electrons. The van der Waals surface area contributed by atoms with E-state index in [0.717, 1.165) is 11.6 Å². The largest absolute Gasteiger partial charge is 0.267 e. The standard InChI is InChI=1S/C11H12N2S/c1-14-11-7-8-13(12-11)9-10-5-3-2-4-6-10/h2-8H,9H2,1H3. The molecule has 0 aliphatic heterocycles. The van der Waals surface area contributed by atoms with Crippen LogP contribution in [0.25, 0.3) is 0 Å². The molecule has 2 rings (SSSR count). The van der Waals surface area contributed by atoms with E-state index in [1.165, 1.54) is 5.56 Å². The zero-order valence-corrected chi connectivity index (χ0v) is 8.87. The summed E-state index contributed by atoms with van der Waals surface area (Å²) in [6.07, 6.45) is 4.05. The van der Waals surface area contributed by atoms with Gasteiger partial charge in [0, 0.05) is 6.20 Å². The molecule has 0 amide bonds. The average molecular weight is 204 g/mol. The highest BCUT2D eigenvalue weighted by Crippen LogP contribution is 2.11. The van der Waals surface area contributed by atoms with E-state index in [1.54, 1.807) is 11.8 Å². The fourth-order valence-electron chi connectivity index (χ4n) is 1.31. The van der Waals surface area contributed by atoms with E-state index in [4.69, 9.17) is 0 Å². The number of thioether (sulfide) groups is 1. The molecule has 2 aromatic rings. The lowest BCUT2D eigenvalue weighted by Crippen LogP contribution is -1.99. The van der Waals surface area contributed by atoms with Crippen LogP contribution in [-0.2, 0) is 6.54 Å². The Bertz CT molecular complexity index is 395. The minimum absolute atomic E-state index is 0.849. The quantitative estimate of drug-likeness (QED) is 0.715. The van der Waals surface area contributed by atoms with Gasteiger partial charge in [0.05, 0.1) is 6.54 Å². The van der Waals surface area contributed by atoms with Crippen LogP contribution in [-0.4, -0.2) is 16.0 Å². The number of rotatable bonds is 3. The Balaban J connectivity index is 2.11. The number of hydrogen-bond donors (Lipinski definition) is 0. The molecule has 0 N–H and O–H groups in total. The fourth-order valence-corrected chi connectivity index (χ4v) is 1.69. The maximum absolute atomic E-state index is 4.40. The van der Waals surface area contributed by atoms with Crippen molar-refractivity contribution in [1.29, 1.82) is 0 Å². The summed E-state index contributed by atoms with van der Waals surface area (Å²) in [6.45, 7) is 0.849. The Morgan fingerprint density at radius 2 is 2.00 bits per heavy atom. The third-order valence-electron chi connectivity index (χ3n) is 2.01. The van der Waals surface area contributed by atoms with Crippen molar-refractivity contribution in [3.8, 4) is 0 Å². The summed E-state index contributed by atoms with van der Waals surface area (Å²) in [6, 6.07) is 12.4. The maximum Gasteiger partial charge on any atom is 0.118 e. The first-order chi connectivity index (χ1) is 6.88. The van der Waals surface area contributed by atoms with Gasteiger partial charge in [-0.25, -0.2) is 0 Å². The first kappa shape index (κ1) is 9.34. The van der Waals surface area contributed by atoms with Crippen molar-refractivity contribution in [1.82, 2.24) is 9.78 Å². The Kier molecular flexibility index (Phi) is 2.89. The third kappa shape index (κ3) is 2.17. The zero-order valence-electron chi connectivity index (χ0n) is 8.05. The van der Waals surface area contributed by atoms with Crippen LogP contribution >= 0.6 is 11.8 Å². The molecule has 0 unspecified atom stereocenters. The topological polar surface area (TPSA) is 17.8 Å². The summed E-state index contributed by atoms with van der Waals surface area (Å²) in [7, 11) is 0. The van der Waals surface area contributed by atoms with Crippen LogP contribution in [0.15, 0.2) is 47.6 Å². The minimum atomic E-state index is 0.849. The Morgan fingerprint density at radius 1 is 1.21 bits per heavy atom. The molecule has 0 fully saturated rings. The lowest BCUT2D eigenvalue weighted by atomic mass is 10.2. The van der Waals surface area contributed by atoms with Gasteiger partial charge in [-0.1, -0.05) is 30.3 Å². The summed E-state index contributed by atoms with van der Waals surface area (Å²) in [5, 5.41) is 5.47. The van der Waals surface area contributed by atoms with Crippen molar-refractivity contribution in [2.24, 2.45) is 0 Å². The van der Waals surface area contributed by atoms with Gasteiger partial charge >= 0.3 is 0 Å². The molecule has 14 heavy (non-hydrogen) atoms. The van der Waals surface area contributed by atoms with Crippen LogP contribution in [0.4, 0.5) is 0 Å². The SMILES string of the molecule is CSc1ccn(Cc2ccccc2)n1.